The highest BCUT2D eigenvalue weighted by Gasteiger charge is 2.20. The zero-order valence-corrected chi connectivity index (χ0v) is 30.3. The van der Waals surface area contributed by atoms with Gasteiger partial charge in [-0.15, -0.1) is 0 Å². The number of hydrogen-bond acceptors (Lipinski definition) is 3. The van der Waals surface area contributed by atoms with E-state index in [1.807, 2.05) is 36.5 Å². The Hall–Kier alpha value is -7.63. The maximum Gasteiger partial charge on any atom is 0.160 e. The van der Waals surface area contributed by atoms with Crippen LogP contribution in [-0.4, -0.2) is 24.1 Å². The van der Waals surface area contributed by atoms with Crippen molar-refractivity contribution in [2.75, 3.05) is 0 Å². The van der Waals surface area contributed by atoms with Crippen LogP contribution in [0, 0.1) is 0 Å². The molecule has 0 aliphatic carbocycles. The summed E-state index contributed by atoms with van der Waals surface area (Å²) in [5.41, 5.74) is 14.8. The van der Waals surface area contributed by atoms with Gasteiger partial charge in [-0.05, 0) is 66.2 Å². The third-order valence-electron chi connectivity index (χ3n) is 10.8. The Bertz CT molecular complexity index is 3180. The smallest absolute Gasteiger partial charge is 0.160 e. The van der Waals surface area contributed by atoms with Gasteiger partial charge in [0.1, 0.15) is 0 Å². The number of aromatic nitrogens is 5. The van der Waals surface area contributed by atoms with Gasteiger partial charge in [-0.1, -0.05) is 133 Å². The van der Waals surface area contributed by atoms with Gasteiger partial charge in [0, 0.05) is 56.0 Å². The molecule has 0 radical (unpaired) electrons. The first-order chi connectivity index (χ1) is 27.8. The van der Waals surface area contributed by atoms with E-state index in [0.29, 0.717) is 5.82 Å². The summed E-state index contributed by atoms with van der Waals surface area (Å²) in [7, 11) is 0. The average molecular weight is 716 g/mol. The maximum atomic E-state index is 5.16. The standard InChI is InChI=1S/C51H33N5/c1-4-15-34(16-5-1)44-33-45(54-51(53-44)35-17-6-2-7-18-35)37-19-12-22-39(31-37)56-46-26-11-10-23-41(46)42-25-13-24-40(50(42)56)36-28-29-43-48(32-36)55(38-20-8-3-9-21-38)47-27-14-30-52-49(43)47/h1-33H. The first kappa shape index (κ1) is 31.9. The van der Waals surface area contributed by atoms with E-state index in [4.69, 9.17) is 15.0 Å². The normalized spacial score (nSPS) is 11.6. The molecule has 0 bridgehead atoms. The number of hydrogen-bond donors (Lipinski definition) is 0. The fraction of sp³-hybridized carbons (Fsp3) is 0. The Balaban J connectivity index is 1.13. The van der Waals surface area contributed by atoms with Crippen LogP contribution in [0.2, 0.25) is 0 Å². The van der Waals surface area contributed by atoms with E-state index < -0.39 is 0 Å². The van der Waals surface area contributed by atoms with Crippen molar-refractivity contribution in [3.63, 3.8) is 0 Å². The molecule has 56 heavy (non-hydrogen) atoms. The monoisotopic (exact) mass is 715 g/mol. The fourth-order valence-corrected chi connectivity index (χ4v) is 8.25. The van der Waals surface area contributed by atoms with Crippen molar-refractivity contribution in [2.45, 2.75) is 0 Å². The van der Waals surface area contributed by atoms with Crippen LogP contribution in [0.15, 0.2) is 200 Å². The van der Waals surface area contributed by atoms with Crippen LogP contribution >= 0.6 is 0 Å². The molecule has 0 saturated heterocycles. The molecular formula is C51H33N5. The Labute approximate surface area is 323 Å². The molecule has 4 heterocycles. The van der Waals surface area contributed by atoms with Crippen molar-refractivity contribution >= 4 is 43.7 Å². The topological polar surface area (TPSA) is 48.5 Å². The van der Waals surface area contributed by atoms with Gasteiger partial charge in [-0.3, -0.25) is 4.98 Å². The number of rotatable bonds is 6. The Kier molecular flexibility index (Phi) is 7.42. The predicted octanol–water partition coefficient (Wildman–Crippen LogP) is 12.7. The lowest BCUT2D eigenvalue weighted by Crippen LogP contribution is -1.98. The van der Waals surface area contributed by atoms with E-state index in [0.717, 1.165) is 83.5 Å². The highest BCUT2D eigenvalue weighted by molar-refractivity contribution is 6.15. The molecule has 5 heteroatoms. The van der Waals surface area contributed by atoms with E-state index in [9.17, 15) is 0 Å². The molecule has 0 saturated carbocycles. The first-order valence-electron chi connectivity index (χ1n) is 18.9. The van der Waals surface area contributed by atoms with Crippen LogP contribution in [0.4, 0.5) is 0 Å². The van der Waals surface area contributed by atoms with Gasteiger partial charge >= 0.3 is 0 Å². The van der Waals surface area contributed by atoms with Crippen LogP contribution in [0.5, 0.6) is 0 Å². The highest BCUT2D eigenvalue weighted by atomic mass is 15.0. The Morgan fingerprint density at radius 2 is 1.00 bits per heavy atom. The summed E-state index contributed by atoms with van der Waals surface area (Å²) in [6.45, 7) is 0. The van der Waals surface area contributed by atoms with Crippen LogP contribution in [0.3, 0.4) is 0 Å². The molecule has 11 aromatic rings. The van der Waals surface area contributed by atoms with E-state index in [2.05, 4.69) is 173 Å². The number of fused-ring (bicyclic) bond motifs is 6. The van der Waals surface area contributed by atoms with Crippen LogP contribution < -0.4 is 0 Å². The van der Waals surface area contributed by atoms with Gasteiger partial charge in [0.05, 0.1) is 39.0 Å². The lowest BCUT2D eigenvalue weighted by Gasteiger charge is -2.14. The first-order valence-corrected chi connectivity index (χ1v) is 18.9. The molecule has 4 aromatic heterocycles. The summed E-state index contributed by atoms with van der Waals surface area (Å²) in [4.78, 5) is 15.0. The summed E-state index contributed by atoms with van der Waals surface area (Å²) in [5.74, 6) is 0.699. The minimum absolute atomic E-state index is 0.699. The van der Waals surface area contributed by atoms with Crippen LogP contribution in [0.25, 0.3) is 100 Å². The minimum atomic E-state index is 0.699. The fourth-order valence-electron chi connectivity index (χ4n) is 8.25. The van der Waals surface area contributed by atoms with E-state index in [-0.39, 0.29) is 0 Å². The van der Waals surface area contributed by atoms with Gasteiger partial charge < -0.3 is 9.13 Å². The van der Waals surface area contributed by atoms with Crippen LogP contribution in [0.1, 0.15) is 0 Å². The van der Waals surface area contributed by atoms with Crippen molar-refractivity contribution in [1.29, 1.82) is 0 Å². The van der Waals surface area contributed by atoms with Gasteiger partial charge in [-0.25, -0.2) is 9.97 Å². The molecule has 0 N–H and O–H groups in total. The number of nitrogens with zero attached hydrogens (tertiary/aromatic N) is 5. The molecule has 0 aliphatic rings. The SMILES string of the molecule is c1ccc(-c2cc(-c3cccc(-n4c5ccccc5c5cccc(-c6ccc7c8ncccc8n(-c8ccccc8)c7c6)c54)c3)nc(-c3ccccc3)n2)cc1. The second kappa shape index (κ2) is 13.0. The number of para-hydroxylation sites is 3. The van der Waals surface area contributed by atoms with Crippen LogP contribution in [-0.2, 0) is 0 Å². The molecule has 11 rings (SSSR count). The van der Waals surface area contributed by atoms with Crippen molar-refractivity contribution in [1.82, 2.24) is 24.1 Å². The maximum absolute atomic E-state index is 5.16. The summed E-state index contributed by atoms with van der Waals surface area (Å²) >= 11 is 0. The van der Waals surface area contributed by atoms with Crippen molar-refractivity contribution < 1.29 is 0 Å². The molecule has 7 aromatic carbocycles. The average Bonchev–Trinajstić information content (AvgIpc) is 3.80. The van der Waals surface area contributed by atoms with E-state index >= 15 is 0 Å². The quantitative estimate of drug-likeness (QED) is 0.172. The zero-order valence-electron chi connectivity index (χ0n) is 30.3. The zero-order chi connectivity index (χ0) is 37.0. The molecule has 0 fully saturated rings. The molecule has 262 valence electrons. The molecule has 0 amide bonds. The molecule has 0 aliphatic heterocycles. The van der Waals surface area contributed by atoms with E-state index in [1.165, 1.54) is 10.8 Å². The van der Waals surface area contributed by atoms with E-state index in [1.54, 1.807) is 0 Å². The molecule has 5 nitrogen and oxygen atoms in total. The van der Waals surface area contributed by atoms with Crippen molar-refractivity contribution in [2.24, 2.45) is 0 Å². The summed E-state index contributed by atoms with van der Waals surface area (Å²) in [6.07, 6.45) is 1.88. The summed E-state index contributed by atoms with van der Waals surface area (Å²) in [5, 5.41) is 3.54. The van der Waals surface area contributed by atoms with Gasteiger partial charge in [0.15, 0.2) is 5.82 Å². The van der Waals surface area contributed by atoms with Crippen molar-refractivity contribution in [3.05, 3.63) is 200 Å². The third-order valence-corrected chi connectivity index (χ3v) is 10.8. The van der Waals surface area contributed by atoms with Gasteiger partial charge in [0.25, 0.3) is 0 Å². The largest absolute Gasteiger partial charge is 0.309 e. The lowest BCUT2D eigenvalue weighted by molar-refractivity contribution is 1.16. The number of benzene rings is 7. The Morgan fingerprint density at radius 3 is 1.82 bits per heavy atom. The molecular weight excluding hydrogens is 683 g/mol. The summed E-state index contributed by atoms with van der Waals surface area (Å²) in [6, 6.07) is 68.3. The molecule has 0 unspecified atom stereocenters. The second-order valence-corrected chi connectivity index (χ2v) is 14.1. The minimum Gasteiger partial charge on any atom is -0.309 e. The number of pyridine rings is 1. The predicted molar refractivity (Wildman–Crippen MR) is 230 cm³/mol. The third kappa shape index (κ3) is 5.21. The second-order valence-electron chi connectivity index (χ2n) is 14.1. The molecule has 0 atom stereocenters. The van der Waals surface area contributed by atoms with Gasteiger partial charge in [-0.2, -0.15) is 0 Å². The van der Waals surface area contributed by atoms with Crippen molar-refractivity contribution in [3.8, 4) is 56.4 Å². The summed E-state index contributed by atoms with van der Waals surface area (Å²) < 4.78 is 4.74. The highest BCUT2D eigenvalue weighted by Crippen LogP contribution is 2.41. The molecule has 0 spiro atoms. The lowest BCUT2D eigenvalue weighted by atomic mass is 10.0. The van der Waals surface area contributed by atoms with Gasteiger partial charge in [0.2, 0.25) is 0 Å². The Morgan fingerprint density at radius 1 is 0.357 bits per heavy atom.